The molecule has 1 atom stereocenters. The summed E-state index contributed by atoms with van der Waals surface area (Å²) in [4.78, 5) is 21.9. The normalized spacial score (nSPS) is 16.1. The summed E-state index contributed by atoms with van der Waals surface area (Å²) in [5, 5.41) is 23.8. The average Bonchev–Trinajstić information content (AvgIpc) is 3.46. The molecule has 2 aromatic heterocycles. The quantitative estimate of drug-likeness (QED) is 0.303. The van der Waals surface area contributed by atoms with E-state index in [0.717, 1.165) is 54.0 Å². The number of carboxylic acid groups (broad SMARTS) is 1. The third kappa shape index (κ3) is 4.62. The van der Waals surface area contributed by atoms with Crippen LogP contribution in [-0.2, 0) is 13.0 Å². The number of aromatic nitrogens is 2. The first-order valence-corrected chi connectivity index (χ1v) is 11.7. The van der Waals surface area contributed by atoms with Crippen LogP contribution >= 0.6 is 0 Å². The highest BCUT2D eigenvalue weighted by molar-refractivity contribution is 6.06. The Hall–Kier alpha value is -3.75. The van der Waals surface area contributed by atoms with Gasteiger partial charge in [-0.25, -0.2) is 14.2 Å². The number of H-pyrrole nitrogens is 1. The lowest BCUT2D eigenvalue weighted by Gasteiger charge is -2.21. The number of aromatic amines is 1. The lowest BCUT2D eigenvalue weighted by Crippen LogP contribution is -2.22. The topological polar surface area (TPSA) is 101 Å². The fraction of sp³-hybridized carbons (Fsp3) is 0.259. The van der Waals surface area contributed by atoms with Gasteiger partial charge in [0, 0.05) is 42.6 Å². The molecule has 1 aliphatic rings. The largest absolute Gasteiger partial charge is 0.478 e. The van der Waals surface area contributed by atoms with Crippen molar-refractivity contribution < 1.29 is 19.4 Å². The summed E-state index contributed by atoms with van der Waals surface area (Å²) in [6.07, 6.45) is 2.60. The third-order valence-corrected chi connectivity index (χ3v) is 6.57. The van der Waals surface area contributed by atoms with Crippen molar-refractivity contribution in [2.24, 2.45) is 0 Å². The van der Waals surface area contributed by atoms with E-state index in [-0.39, 0.29) is 17.5 Å². The van der Waals surface area contributed by atoms with E-state index >= 15 is 0 Å². The molecule has 3 heterocycles. The first-order chi connectivity index (χ1) is 16.9. The van der Waals surface area contributed by atoms with Gasteiger partial charge in [-0.05, 0) is 65.9 Å². The second-order valence-electron chi connectivity index (χ2n) is 8.90. The van der Waals surface area contributed by atoms with Gasteiger partial charge >= 0.3 is 5.97 Å². The van der Waals surface area contributed by atoms with Crippen LogP contribution in [-0.4, -0.2) is 50.2 Å². The summed E-state index contributed by atoms with van der Waals surface area (Å²) >= 11 is 0. The number of fused-ring (bicyclic) bond motifs is 1. The zero-order valence-electron chi connectivity index (χ0n) is 19.4. The van der Waals surface area contributed by atoms with Crippen LogP contribution in [0.3, 0.4) is 0 Å². The van der Waals surface area contributed by atoms with Gasteiger partial charge in [0.2, 0.25) is 0 Å². The Kier molecular flexibility index (Phi) is 6.23. The molecule has 4 N–H and O–H groups in total. The number of hydrogen-bond donors (Lipinski definition) is 4. The predicted molar refractivity (Wildman–Crippen MR) is 133 cm³/mol. The number of carboxylic acids is 1. The van der Waals surface area contributed by atoms with Gasteiger partial charge in [-0.3, -0.25) is 4.90 Å². The van der Waals surface area contributed by atoms with E-state index in [4.69, 9.17) is 0 Å². The molecule has 1 saturated heterocycles. The molecule has 180 valence electrons. The van der Waals surface area contributed by atoms with Crippen molar-refractivity contribution in [2.75, 3.05) is 18.4 Å². The maximum absolute atomic E-state index is 13.4. The number of hydrogen-bond acceptors (Lipinski definition) is 5. The molecule has 0 spiro atoms. The summed E-state index contributed by atoms with van der Waals surface area (Å²) in [6.45, 7) is 4.31. The molecule has 7 nitrogen and oxygen atoms in total. The summed E-state index contributed by atoms with van der Waals surface area (Å²) < 4.78 is 13.4. The number of anilines is 2. The Morgan fingerprint density at radius 2 is 2.06 bits per heavy atom. The van der Waals surface area contributed by atoms with Gasteiger partial charge in [-0.2, -0.15) is 0 Å². The molecule has 0 amide bonds. The summed E-state index contributed by atoms with van der Waals surface area (Å²) in [7, 11) is 0. The number of halogens is 1. The van der Waals surface area contributed by atoms with E-state index in [1.807, 2.05) is 18.2 Å². The van der Waals surface area contributed by atoms with Gasteiger partial charge in [-0.1, -0.05) is 19.1 Å². The number of aliphatic hydroxyl groups excluding tert-OH is 1. The lowest BCUT2D eigenvalue weighted by molar-refractivity contribution is 0.0697. The van der Waals surface area contributed by atoms with Crippen molar-refractivity contribution in [3.8, 4) is 11.3 Å². The van der Waals surface area contributed by atoms with Gasteiger partial charge in [0.1, 0.15) is 17.0 Å². The molecule has 0 bridgehead atoms. The van der Waals surface area contributed by atoms with Crippen molar-refractivity contribution in [1.82, 2.24) is 14.9 Å². The minimum atomic E-state index is -1.08. The number of benzene rings is 2. The number of aromatic carboxylic acids is 1. The van der Waals surface area contributed by atoms with Crippen LogP contribution in [0.2, 0.25) is 0 Å². The first-order valence-electron chi connectivity index (χ1n) is 11.7. The van der Waals surface area contributed by atoms with Crippen LogP contribution in [0.1, 0.15) is 34.8 Å². The summed E-state index contributed by atoms with van der Waals surface area (Å²) in [5.41, 5.74) is 5.64. The van der Waals surface area contributed by atoms with Crippen LogP contribution < -0.4 is 5.32 Å². The van der Waals surface area contributed by atoms with E-state index in [1.165, 1.54) is 18.3 Å². The molecule has 35 heavy (non-hydrogen) atoms. The fourth-order valence-electron chi connectivity index (χ4n) is 4.81. The number of nitrogens with zero attached hydrogens (tertiary/aromatic N) is 2. The smallest absolute Gasteiger partial charge is 0.339 e. The van der Waals surface area contributed by atoms with E-state index in [0.29, 0.717) is 23.3 Å². The zero-order chi connectivity index (χ0) is 24.5. The second kappa shape index (κ2) is 9.48. The molecule has 5 rings (SSSR count). The molecule has 4 aromatic rings. The molecule has 1 aliphatic heterocycles. The van der Waals surface area contributed by atoms with Gasteiger partial charge in [0.15, 0.2) is 0 Å². The maximum atomic E-state index is 13.4. The second-order valence-corrected chi connectivity index (χ2v) is 8.90. The van der Waals surface area contributed by atoms with Crippen LogP contribution in [0.4, 0.5) is 15.8 Å². The van der Waals surface area contributed by atoms with Crippen molar-refractivity contribution in [3.05, 3.63) is 77.2 Å². The Bertz CT molecular complexity index is 1380. The van der Waals surface area contributed by atoms with E-state index < -0.39 is 5.97 Å². The molecule has 0 saturated carbocycles. The first kappa shape index (κ1) is 23.0. The van der Waals surface area contributed by atoms with Crippen molar-refractivity contribution in [3.63, 3.8) is 0 Å². The van der Waals surface area contributed by atoms with E-state index in [9.17, 15) is 19.4 Å². The van der Waals surface area contributed by atoms with Crippen LogP contribution in [0.15, 0.2) is 54.7 Å². The number of pyridine rings is 1. The Morgan fingerprint density at radius 3 is 2.74 bits per heavy atom. The Labute approximate surface area is 202 Å². The number of nitrogens with one attached hydrogen (secondary N) is 2. The van der Waals surface area contributed by atoms with Gasteiger partial charge in [0.05, 0.1) is 11.8 Å². The van der Waals surface area contributed by atoms with E-state index in [2.05, 4.69) is 33.2 Å². The molecule has 0 radical (unpaired) electrons. The number of likely N-dealkylation sites (tertiary alicyclic amines) is 1. The molecular weight excluding hydrogens is 447 g/mol. The molecule has 8 heteroatoms. The highest BCUT2D eigenvalue weighted by Gasteiger charge is 2.22. The number of carbonyl (C=O) groups is 1. The highest BCUT2D eigenvalue weighted by atomic mass is 19.1. The molecule has 2 aromatic carbocycles. The maximum Gasteiger partial charge on any atom is 0.339 e. The minimum absolute atomic E-state index is 0.0669. The standard InChI is InChI=1S/C27H27FN4O3/c1-2-20-17(14-32-11-10-19(33)15-32)4-3-5-23(20)30-25-21-12-24(16-6-8-18(28)9-7-16)31-26(21)29-13-22(25)27(34)35/h3-9,12-13,19,33H,2,10-11,14-15H2,1H3,(H,34,35)(H2,29,30,31). The van der Waals surface area contributed by atoms with Crippen LogP contribution in [0.5, 0.6) is 0 Å². The molecular formula is C27H27FN4O3. The van der Waals surface area contributed by atoms with Gasteiger partial charge in [0.25, 0.3) is 0 Å². The van der Waals surface area contributed by atoms with Crippen molar-refractivity contribution in [1.29, 1.82) is 0 Å². The summed E-state index contributed by atoms with van der Waals surface area (Å²) in [5.74, 6) is -1.40. The highest BCUT2D eigenvalue weighted by Crippen LogP contribution is 2.35. The summed E-state index contributed by atoms with van der Waals surface area (Å²) in [6, 6.07) is 13.9. The Morgan fingerprint density at radius 1 is 1.26 bits per heavy atom. The fourth-order valence-corrected chi connectivity index (χ4v) is 4.81. The zero-order valence-corrected chi connectivity index (χ0v) is 19.4. The number of β-amino-alcohol motifs (C(OH)–C–C–N with tert-alkyl or cyclic N) is 1. The molecule has 1 unspecified atom stereocenters. The van der Waals surface area contributed by atoms with Gasteiger partial charge in [-0.15, -0.1) is 0 Å². The minimum Gasteiger partial charge on any atom is -0.478 e. The molecule has 0 aliphatic carbocycles. The SMILES string of the molecule is CCc1c(CN2CCC(O)C2)cccc1Nc1c(C(=O)O)cnc2[nH]c(-c3ccc(F)cc3)cc12. The lowest BCUT2D eigenvalue weighted by atomic mass is 10.0. The van der Waals surface area contributed by atoms with Crippen LogP contribution in [0.25, 0.3) is 22.3 Å². The molecule has 1 fully saturated rings. The number of rotatable bonds is 7. The number of aliphatic hydroxyl groups is 1. The Balaban J connectivity index is 1.56. The predicted octanol–water partition coefficient (Wildman–Crippen LogP) is 4.94. The van der Waals surface area contributed by atoms with E-state index in [1.54, 1.807) is 12.1 Å². The van der Waals surface area contributed by atoms with Crippen molar-refractivity contribution in [2.45, 2.75) is 32.4 Å². The monoisotopic (exact) mass is 474 g/mol. The average molecular weight is 475 g/mol. The van der Waals surface area contributed by atoms with Gasteiger partial charge < -0.3 is 20.5 Å². The van der Waals surface area contributed by atoms with Crippen molar-refractivity contribution >= 4 is 28.4 Å². The van der Waals surface area contributed by atoms with Crippen LogP contribution in [0, 0.1) is 5.82 Å². The third-order valence-electron chi connectivity index (χ3n) is 6.57.